The van der Waals surface area contributed by atoms with E-state index in [0.29, 0.717) is 29.6 Å². The number of nitrogens with one attached hydrogen (secondary N) is 2. The van der Waals surface area contributed by atoms with Crippen LogP contribution >= 0.6 is 11.6 Å². The Morgan fingerprint density at radius 3 is 2.39 bits per heavy atom. The highest BCUT2D eigenvalue weighted by atomic mass is 35.5. The second-order valence-electron chi connectivity index (χ2n) is 7.41. The number of amides is 1. The lowest BCUT2D eigenvalue weighted by molar-refractivity contribution is -0.124. The lowest BCUT2D eigenvalue weighted by Crippen LogP contribution is -2.43. The molecule has 0 aliphatic carbocycles. The molecule has 0 aliphatic heterocycles. The van der Waals surface area contributed by atoms with Crippen molar-refractivity contribution in [2.24, 2.45) is 0 Å². The molecular weight excluding hydrogens is 383 g/mol. The fraction of sp³-hybridized carbons (Fsp3) is 0.381. The Morgan fingerprint density at radius 1 is 1.11 bits per heavy atom. The van der Waals surface area contributed by atoms with Gasteiger partial charge in [-0.3, -0.25) is 4.79 Å². The topological polar surface area (TPSA) is 59.6 Å². The summed E-state index contributed by atoms with van der Waals surface area (Å²) in [6.45, 7) is 6.63. The zero-order valence-electron chi connectivity index (χ0n) is 16.6. The van der Waals surface area contributed by atoms with Crippen molar-refractivity contribution in [1.82, 2.24) is 10.6 Å². The van der Waals surface area contributed by atoms with Crippen molar-refractivity contribution >= 4 is 17.5 Å². The van der Waals surface area contributed by atoms with E-state index >= 15 is 0 Å². The van der Waals surface area contributed by atoms with Crippen LogP contribution in [0.2, 0.25) is 5.02 Å². The summed E-state index contributed by atoms with van der Waals surface area (Å²) in [4.78, 5) is 11.9. The van der Waals surface area contributed by atoms with Crippen LogP contribution in [0.5, 0.6) is 11.5 Å². The quantitative estimate of drug-likeness (QED) is 0.691. The van der Waals surface area contributed by atoms with Gasteiger partial charge >= 0.3 is 0 Å². The molecule has 7 heteroatoms. The molecule has 0 unspecified atom stereocenters. The van der Waals surface area contributed by atoms with E-state index in [2.05, 4.69) is 10.6 Å². The van der Waals surface area contributed by atoms with Gasteiger partial charge in [-0.15, -0.1) is 0 Å². The van der Waals surface area contributed by atoms with Crippen LogP contribution in [-0.2, 0) is 17.9 Å². The van der Waals surface area contributed by atoms with Gasteiger partial charge in [-0.2, -0.15) is 0 Å². The molecular formula is C21H26ClFN2O3. The van der Waals surface area contributed by atoms with E-state index in [4.69, 9.17) is 21.1 Å². The van der Waals surface area contributed by atoms with E-state index in [0.717, 1.165) is 11.1 Å². The lowest BCUT2D eigenvalue weighted by atomic mass is 10.1. The monoisotopic (exact) mass is 408 g/mol. The number of benzene rings is 2. The molecule has 28 heavy (non-hydrogen) atoms. The summed E-state index contributed by atoms with van der Waals surface area (Å²) in [6, 6.07) is 9.72. The van der Waals surface area contributed by atoms with Gasteiger partial charge in [-0.1, -0.05) is 23.7 Å². The lowest BCUT2D eigenvalue weighted by Gasteiger charge is -2.21. The van der Waals surface area contributed by atoms with E-state index in [9.17, 15) is 9.18 Å². The summed E-state index contributed by atoms with van der Waals surface area (Å²) in [5.74, 6) is 0.407. The molecule has 0 atom stereocenters. The minimum absolute atomic E-state index is 0.133. The van der Waals surface area contributed by atoms with E-state index in [1.807, 2.05) is 20.8 Å². The average molecular weight is 409 g/mol. The molecule has 152 valence electrons. The van der Waals surface area contributed by atoms with E-state index in [1.165, 1.54) is 19.2 Å². The van der Waals surface area contributed by atoms with Crippen LogP contribution in [0, 0.1) is 5.82 Å². The van der Waals surface area contributed by atoms with E-state index < -0.39 is 0 Å². The minimum atomic E-state index is -0.331. The first-order chi connectivity index (χ1) is 13.2. The van der Waals surface area contributed by atoms with Crippen molar-refractivity contribution in [2.75, 3.05) is 13.7 Å². The van der Waals surface area contributed by atoms with Crippen LogP contribution in [0.1, 0.15) is 31.9 Å². The second-order valence-corrected chi connectivity index (χ2v) is 7.82. The second kappa shape index (κ2) is 9.75. The number of hydrogen-bond acceptors (Lipinski definition) is 4. The smallest absolute Gasteiger partial charge is 0.258 e. The first kappa shape index (κ1) is 22.0. The summed E-state index contributed by atoms with van der Waals surface area (Å²) < 4.78 is 23.9. The van der Waals surface area contributed by atoms with Crippen molar-refractivity contribution < 1.29 is 18.7 Å². The zero-order chi connectivity index (χ0) is 20.7. The van der Waals surface area contributed by atoms with E-state index in [1.54, 1.807) is 24.3 Å². The Kier molecular flexibility index (Phi) is 7.66. The van der Waals surface area contributed by atoms with Crippen LogP contribution in [0.25, 0.3) is 0 Å². The van der Waals surface area contributed by atoms with Gasteiger partial charge in [0.2, 0.25) is 0 Å². The maximum Gasteiger partial charge on any atom is 0.258 e. The molecule has 2 aromatic carbocycles. The maximum atomic E-state index is 13.0. The Hall–Kier alpha value is -2.31. The third-order valence-corrected chi connectivity index (χ3v) is 4.12. The van der Waals surface area contributed by atoms with Crippen molar-refractivity contribution in [1.29, 1.82) is 0 Å². The molecule has 1 amide bonds. The summed E-state index contributed by atoms with van der Waals surface area (Å²) in [6.07, 6.45) is 0. The molecule has 0 bridgehead atoms. The number of methoxy groups -OCH3 is 1. The van der Waals surface area contributed by atoms with Crippen LogP contribution in [0.4, 0.5) is 4.39 Å². The highest BCUT2D eigenvalue weighted by Crippen LogP contribution is 2.33. The Morgan fingerprint density at radius 2 is 1.79 bits per heavy atom. The number of rotatable bonds is 8. The van der Waals surface area contributed by atoms with Crippen molar-refractivity contribution in [3.8, 4) is 11.5 Å². The van der Waals surface area contributed by atoms with Crippen LogP contribution < -0.4 is 20.1 Å². The molecule has 0 heterocycles. The Labute approximate surface area is 170 Å². The molecule has 0 fully saturated rings. The summed E-state index contributed by atoms with van der Waals surface area (Å²) in [5.41, 5.74) is 1.46. The molecule has 0 saturated carbocycles. The number of carbonyl (C=O) groups excluding carboxylic acids is 1. The van der Waals surface area contributed by atoms with Crippen molar-refractivity contribution in [3.05, 3.63) is 58.4 Å². The molecule has 0 aliphatic rings. The highest BCUT2D eigenvalue weighted by molar-refractivity contribution is 6.31. The third-order valence-electron chi connectivity index (χ3n) is 3.76. The SMILES string of the molecule is COc1cc(CNCc2ccc(F)cc2)c(Cl)cc1OCC(=O)NC(C)(C)C. The molecule has 2 rings (SSSR count). The van der Waals surface area contributed by atoms with Gasteiger partial charge < -0.3 is 20.1 Å². The summed E-state index contributed by atoms with van der Waals surface area (Å²) in [5, 5.41) is 6.58. The van der Waals surface area contributed by atoms with E-state index in [-0.39, 0.29) is 23.9 Å². The normalized spacial score (nSPS) is 11.2. The predicted molar refractivity (Wildman–Crippen MR) is 108 cm³/mol. The maximum absolute atomic E-state index is 13.0. The Bertz CT molecular complexity index is 805. The summed E-state index contributed by atoms with van der Waals surface area (Å²) >= 11 is 6.36. The van der Waals surface area contributed by atoms with Gasteiger partial charge in [-0.05, 0) is 50.1 Å². The van der Waals surface area contributed by atoms with Crippen LogP contribution in [0.15, 0.2) is 36.4 Å². The third kappa shape index (κ3) is 7.02. The summed E-state index contributed by atoms with van der Waals surface area (Å²) in [7, 11) is 1.53. The van der Waals surface area contributed by atoms with Crippen LogP contribution in [-0.4, -0.2) is 25.2 Å². The molecule has 0 radical (unpaired) electrons. The first-order valence-corrected chi connectivity index (χ1v) is 9.31. The fourth-order valence-electron chi connectivity index (χ4n) is 2.53. The fourth-order valence-corrected chi connectivity index (χ4v) is 2.75. The van der Waals surface area contributed by atoms with Gasteiger partial charge in [0, 0.05) is 29.7 Å². The highest BCUT2D eigenvalue weighted by Gasteiger charge is 2.16. The van der Waals surface area contributed by atoms with Gasteiger partial charge in [0.15, 0.2) is 18.1 Å². The zero-order valence-corrected chi connectivity index (χ0v) is 17.3. The Balaban J connectivity index is 1.97. The van der Waals surface area contributed by atoms with Gasteiger partial charge in [0.05, 0.1) is 7.11 Å². The van der Waals surface area contributed by atoms with Crippen LogP contribution in [0.3, 0.4) is 0 Å². The van der Waals surface area contributed by atoms with Crippen molar-refractivity contribution in [3.63, 3.8) is 0 Å². The predicted octanol–water partition coefficient (Wildman–Crippen LogP) is 4.07. The van der Waals surface area contributed by atoms with Gasteiger partial charge in [-0.25, -0.2) is 4.39 Å². The molecule has 0 spiro atoms. The molecule has 0 saturated heterocycles. The van der Waals surface area contributed by atoms with Gasteiger partial charge in [0.1, 0.15) is 5.82 Å². The first-order valence-electron chi connectivity index (χ1n) is 8.93. The largest absolute Gasteiger partial charge is 0.493 e. The van der Waals surface area contributed by atoms with Gasteiger partial charge in [0.25, 0.3) is 5.91 Å². The number of halogens is 2. The standard InChI is InChI=1S/C21H26ClFN2O3/c1-21(2,3)25-20(26)13-28-19-10-17(22)15(9-18(19)27-4)12-24-11-14-5-7-16(23)8-6-14/h5-10,24H,11-13H2,1-4H3,(H,25,26). The number of carbonyl (C=O) groups is 1. The molecule has 2 N–H and O–H groups in total. The number of ether oxygens (including phenoxy) is 2. The molecule has 5 nitrogen and oxygen atoms in total. The molecule has 2 aromatic rings. The average Bonchev–Trinajstić information content (AvgIpc) is 2.61. The minimum Gasteiger partial charge on any atom is -0.493 e. The molecule has 0 aromatic heterocycles. The van der Waals surface area contributed by atoms with Crippen molar-refractivity contribution in [2.45, 2.75) is 39.4 Å². The number of hydrogen-bond donors (Lipinski definition) is 2.